The van der Waals surface area contributed by atoms with Gasteiger partial charge in [0.15, 0.2) is 11.5 Å². The van der Waals surface area contributed by atoms with Crippen molar-refractivity contribution in [1.29, 1.82) is 0 Å². The molecule has 1 heterocycles. The summed E-state index contributed by atoms with van der Waals surface area (Å²) in [5.41, 5.74) is 1.20. The van der Waals surface area contributed by atoms with Crippen LogP contribution in [-0.4, -0.2) is 38.0 Å². The second kappa shape index (κ2) is 5.38. The minimum absolute atomic E-state index is 0.185. The molecule has 1 aromatic rings. The van der Waals surface area contributed by atoms with E-state index in [2.05, 4.69) is 5.32 Å². The molecule has 2 rings (SSSR count). The summed E-state index contributed by atoms with van der Waals surface area (Å²) >= 11 is 0. The van der Waals surface area contributed by atoms with Crippen molar-refractivity contribution < 1.29 is 14.6 Å². The molecule has 2 unspecified atom stereocenters. The largest absolute Gasteiger partial charge is 0.493 e. The molecule has 1 aliphatic rings. The Bertz CT molecular complexity index is 381. The highest BCUT2D eigenvalue weighted by molar-refractivity contribution is 5.42. The van der Waals surface area contributed by atoms with Gasteiger partial charge in [0.2, 0.25) is 0 Å². The quantitative estimate of drug-likeness (QED) is 0.801. The predicted octanol–water partition coefficient (Wildman–Crippen LogP) is 0.969. The number of nitrogens with one attached hydrogen (secondary N) is 1. The van der Waals surface area contributed by atoms with Crippen LogP contribution in [0.25, 0.3) is 0 Å². The van der Waals surface area contributed by atoms with Gasteiger partial charge >= 0.3 is 0 Å². The third-order valence-electron chi connectivity index (χ3n) is 3.25. The van der Waals surface area contributed by atoms with Crippen LogP contribution in [-0.2, 0) is 6.42 Å². The molecule has 0 amide bonds. The molecule has 0 radical (unpaired) electrons. The minimum Gasteiger partial charge on any atom is -0.493 e. The molecule has 0 aliphatic carbocycles. The zero-order valence-corrected chi connectivity index (χ0v) is 10.3. The SMILES string of the molecule is COc1ccc(CCC2NCC2O)cc1OC. The first-order chi connectivity index (χ1) is 8.24. The third kappa shape index (κ3) is 2.70. The first-order valence-electron chi connectivity index (χ1n) is 5.87. The first kappa shape index (κ1) is 12.2. The smallest absolute Gasteiger partial charge is 0.160 e. The molecule has 94 valence electrons. The van der Waals surface area contributed by atoms with E-state index in [-0.39, 0.29) is 12.1 Å². The van der Waals surface area contributed by atoms with Crippen molar-refractivity contribution >= 4 is 0 Å². The average molecular weight is 237 g/mol. The predicted molar refractivity (Wildman–Crippen MR) is 65.7 cm³/mol. The van der Waals surface area contributed by atoms with Crippen molar-refractivity contribution in [2.24, 2.45) is 0 Å². The summed E-state index contributed by atoms with van der Waals surface area (Å²) in [5, 5.41) is 12.7. The van der Waals surface area contributed by atoms with Gasteiger partial charge in [0, 0.05) is 12.6 Å². The van der Waals surface area contributed by atoms with E-state index < -0.39 is 0 Å². The normalized spacial score (nSPS) is 23.0. The molecule has 0 saturated carbocycles. The fraction of sp³-hybridized carbons (Fsp3) is 0.538. The summed E-state index contributed by atoms with van der Waals surface area (Å²) in [6.07, 6.45) is 1.68. The van der Waals surface area contributed by atoms with Crippen LogP contribution in [0.1, 0.15) is 12.0 Å². The van der Waals surface area contributed by atoms with Gasteiger partial charge in [-0.3, -0.25) is 0 Å². The van der Waals surface area contributed by atoms with Crippen molar-refractivity contribution in [2.45, 2.75) is 25.0 Å². The number of hydrogen-bond acceptors (Lipinski definition) is 4. The van der Waals surface area contributed by atoms with Gasteiger partial charge in [-0.25, -0.2) is 0 Å². The van der Waals surface area contributed by atoms with Gasteiger partial charge in [-0.1, -0.05) is 6.07 Å². The van der Waals surface area contributed by atoms with Crippen LogP contribution in [0.2, 0.25) is 0 Å². The zero-order chi connectivity index (χ0) is 12.3. The van der Waals surface area contributed by atoms with E-state index in [1.165, 1.54) is 5.56 Å². The summed E-state index contributed by atoms with van der Waals surface area (Å²) in [4.78, 5) is 0. The Labute approximate surface area is 102 Å². The van der Waals surface area contributed by atoms with E-state index in [0.29, 0.717) is 0 Å². The molecular weight excluding hydrogens is 218 g/mol. The number of aliphatic hydroxyl groups is 1. The molecule has 0 bridgehead atoms. The van der Waals surface area contributed by atoms with Gasteiger partial charge in [-0.15, -0.1) is 0 Å². The van der Waals surface area contributed by atoms with Crippen LogP contribution in [0.5, 0.6) is 11.5 Å². The number of hydrogen-bond donors (Lipinski definition) is 2. The molecule has 1 saturated heterocycles. The molecular formula is C13H19NO3. The number of aliphatic hydroxyl groups excluding tert-OH is 1. The van der Waals surface area contributed by atoms with Crippen molar-refractivity contribution in [1.82, 2.24) is 5.32 Å². The molecule has 0 aromatic heterocycles. The van der Waals surface area contributed by atoms with Gasteiger partial charge in [0.05, 0.1) is 20.3 Å². The summed E-state index contributed by atoms with van der Waals surface area (Å²) in [5.74, 6) is 1.50. The van der Waals surface area contributed by atoms with Crippen LogP contribution in [0.3, 0.4) is 0 Å². The number of rotatable bonds is 5. The van der Waals surface area contributed by atoms with Gasteiger partial charge in [-0.2, -0.15) is 0 Å². The maximum atomic E-state index is 9.46. The third-order valence-corrected chi connectivity index (χ3v) is 3.25. The standard InChI is InChI=1S/C13H19NO3/c1-16-12-6-4-9(7-13(12)17-2)3-5-10-11(15)8-14-10/h4,6-7,10-11,14-15H,3,5,8H2,1-2H3. The van der Waals surface area contributed by atoms with Crippen molar-refractivity contribution in [2.75, 3.05) is 20.8 Å². The van der Waals surface area contributed by atoms with Gasteiger partial charge in [0.25, 0.3) is 0 Å². The fourth-order valence-corrected chi connectivity index (χ4v) is 2.04. The number of β-amino-alcohol motifs (C(OH)–C–C–N with tert-alkyl or cyclic N) is 1. The summed E-state index contributed by atoms with van der Waals surface area (Å²) in [6, 6.07) is 6.18. The highest BCUT2D eigenvalue weighted by Gasteiger charge is 2.27. The van der Waals surface area contributed by atoms with Gasteiger partial charge < -0.3 is 19.9 Å². The Morgan fingerprint density at radius 1 is 1.29 bits per heavy atom. The van der Waals surface area contributed by atoms with E-state index in [1.807, 2.05) is 18.2 Å². The summed E-state index contributed by atoms with van der Waals surface area (Å²) in [7, 11) is 3.27. The van der Waals surface area contributed by atoms with Crippen molar-refractivity contribution in [3.63, 3.8) is 0 Å². The molecule has 2 N–H and O–H groups in total. The Morgan fingerprint density at radius 2 is 2.06 bits per heavy atom. The van der Waals surface area contributed by atoms with E-state index in [1.54, 1.807) is 14.2 Å². The number of methoxy groups -OCH3 is 2. The van der Waals surface area contributed by atoms with Gasteiger partial charge in [-0.05, 0) is 30.5 Å². The molecule has 4 nitrogen and oxygen atoms in total. The monoisotopic (exact) mass is 237 g/mol. The zero-order valence-electron chi connectivity index (χ0n) is 10.3. The van der Waals surface area contributed by atoms with E-state index >= 15 is 0 Å². The summed E-state index contributed by atoms with van der Waals surface area (Å²) in [6.45, 7) is 0.719. The van der Waals surface area contributed by atoms with Crippen LogP contribution in [0.4, 0.5) is 0 Å². The molecule has 4 heteroatoms. The van der Waals surface area contributed by atoms with Crippen LogP contribution < -0.4 is 14.8 Å². The maximum absolute atomic E-state index is 9.46. The lowest BCUT2D eigenvalue weighted by Crippen LogP contribution is -2.57. The lowest BCUT2D eigenvalue weighted by atomic mass is 9.96. The second-order valence-electron chi connectivity index (χ2n) is 4.31. The highest BCUT2D eigenvalue weighted by Crippen LogP contribution is 2.28. The van der Waals surface area contributed by atoms with Crippen LogP contribution >= 0.6 is 0 Å². The van der Waals surface area contributed by atoms with E-state index in [0.717, 1.165) is 30.9 Å². The highest BCUT2D eigenvalue weighted by atomic mass is 16.5. The first-order valence-corrected chi connectivity index (χ1v) is 5.87. The minimum atomic E-state index is -0.185. The van der Waals surface area contributed by atoms with Crippen LogP contribution in [0, 0.1) is 0 Å². The molecule has 1 fully saturated rings. The van der Waals surface area contributed by atoms with Gasteiger partial charge in [0.1, 0.15) is 0 Å². The lowest BCUT2D eigenvalue weighted by molar-refractivity contribution is 0.0574. The van der Waals surface area contributed by atoms with Crippen molar-refractivity contribution in [3.8, 4) is 11.5 Å². The molecule has 1 aromatic carbocycles. The average Bonchev–Trinajstić information content (AvgIpc) is 2.36. The topological polar surface area (TPSA) is 50.7 Å². The Hall–Kier alpha value is -1.26. The summed E-state index contributed by atoms with van der Waals surface area (Å²) < 4.78 is 10.4. The molecule has 0 spiro atoms. The Kier molecular flexibility index (Phi) is 3.86. The number of aryl methyl sites for hydroxylation is 1. The lowest BCUT2D eigenvalue weighted by Gasteiger charge is -2.34. The second-order valence-corrected chi connectivity index (χ2v) is 4.31. The number of ether oxygens (including phenoxy) is 2. The Balaban J connectivity index is 1.96. The Morgan fingerprint density at radius 3 is 2.59 bits per heavy atom. The number of benzene rings is 1. The van der Waals surface area contributed by atoms with Crippen molar-refractivity contribution in [3.05, 3.63) is 23.8 Å². The maximum Gasteiger partial charge on any atom is 0.160 e. The fourth-order valence-electron chi connectivity index (χ4n) is 2.04. The molecule has 2 atom stereocenters. The molecule has 1 aliphatic heterocycles. The van der Waals surface area contributed by atoms with E-state index in [4.69, 9.17) is 9.47 Å². The van der Waals surface area contributed by atoms with Crippen LogP contribution in [0.15, 0.2) is 18.2 Å². The van der Waals surface area contributed by atoms with E-state index in [9.17, 15) is 5.11 Å². The molecule has 17 heavy (non-hydrogen) atoms.